The van der Waals surface area contributed by atoms with E-state index in [0.717, 1.165) is 19.6 Å². The van der Waals surface area contributed by atoms with Crippen LogP contribution in [0.25, 0.3) is 0 Å². The maximum absolute atomic E-state index is 5.43. The van der Waals surface area contributed by atoms with E-state index in [0.29, 0.717) is 0 Å². The molecule has 3 heteroatoms. The molecule has 0 aromatic heterocycles. The third-order valence-corrected chi connectivity index (χ3v) is 3.39. The summed E-state index contributed by atoms with van der Waals surface area (Å²) in [5, 5.41) is 0. The van der Waals surface area contributed by atoms with Gasteiger partial charge in [0.15, 0.2) is 9.04 Å². The molecule has 0 aliphatic heterocycles. The van der Waals surface area contributed by atoms with E-state index in [4.69, 9.17) is 10.2 Å². The smallest absolute Gasteiger partial charge is 0.173 e. The maximum atomic E-state index is 5.43. The quantitative estimate of drug-likeness (QED) is 0.582. The lowest BCUT2D eigenvalue weighted by Crippen LogP contribution is -2.14. The van der Waals surface area contributed by atoms with Crippen molar-refractivity contribution in [3.8, 4) is 0 Å². The van der Waals surface area contributed by atoms with Crippen LogP contribution in [0.15, 0.2) is 0 Å². The molecule has 1 atom stereocenters. The summed E-state index contributed by atoms with van der Waals surface area (Å²) in [6, 6.07) is 1.23. The number of hydrogen-bond acceptors (Lipinski definition) is 2. The molecule has 2 nitrogen and oxygen atoms in total. The lowest BCUT2D eigenvalue weighted by atomic mass is 10.5. The van der Waals surface area contributed by atoms with Gasteiger partial charge in [0.05, 0.1) is 0 Å². The van der Waals surface area contributed by atoms with E-state index in [9.17, 15) is 0 Å². The molecule has 0 aromatic rings. The molecule has 0 aliphatic carbocycles. The standard InChI is InChI=1S/C6H17NOSi/c1-3-8-9(2)6-4-5-7/h9H,3-7H2,1-2H3/t9-/m1/s1. The summed E-state index contributed by atoms with van der Waals surface area (Å²) in [6.07, 6.45) is 1.13. The Kier molecular flexibility index (Phi) is 6.35. The van der Waals surface area contributed by atoms with Gasteiger partial charge in [-0.15, -0.1) is 0 Å². The average Bonchev–Trinajstić information content (AvgIpc) is 1.85. The summed E-state index contributed by atoms with van der Waals surface area (Å²) in [5.41, 5.74) is 5.34. The van der Waals surface area contributed by atoms with Gasteiger partial charge in [0.1, 0.15) is 0 Å². The lowest BCUT2D eigenvalue weighted by molar-refractivity contribution is 0.345. The molecular formula is C6H17NOSi. The Balaban J connectivity index is 2.95. The van der Waals surface area contributed by atoms with E-state index < -0.39 is 9.04 Å². The van der Waals surface area contributed by atoms with Crippen molar-refractivity contribution in [3.05, 3.63) is 0 Å². The van der Waals surface area contributed by atoms with E-state index in [1.165, 1.54) is 6.04 Å². The van der Waals surface area contributed by atoms with E-state index in [1.807, 2.05) is 6.92 Å². The first kappa shape index (κ1) is 9.14. The summed E-state index contributed by atoms with van der Waals surface area (Å²) in [7, 11) is -0.800. The first-order valence-electron chi connectivity index (χ1n) is 3.63. The summed E-state index contributed by atoms with van der Waals surface area (Å²) < 4.78 is 5.43. The topological polar surface area (TPSA) is 35.2 Å². The predicted octanol–water partition coefficient (Wildman–Crippen LogP) is 0.725. The fourth-order valence-corrected chi connectivity index (χ4v) is 2.32. The van der Waals surface area contributed by atoms with Gasteiger partial charge in [-0.25, -0.2) is 0 Å². The average molecular weight is 147 g/mol. The molecule has 56 valence electrons. The van der Waals surface area contributed by atoms with E-state index in [-0.39, 0.29) is 0 Å². The second-order valence-corrected chi connectivity index (χ2v) is 4.73. The van der Waals surface area contributed by atoms with Crippen LogP contribution in [-0.4, -0.2) is 22.2 Å². The molecule has 0 radical (unpaired) electrons. The van der Waals surface area contributed by atoms with Crippen molar-refractivity contribution in [1.29, 1.82) is 0 Å². The minimum Gasteiger partial charge on any atom is -0.421 e. The van der Waals surface area contributed by atoms with Crippen LogP contribution >= 0.6 is 0 Å². The molecule has 0 bridgehead atoms. The van der Waals surface area contributed by atoms with Gasteiger partial charge in [0.2, 0.25) is 0 Å². The van der Waals surface area contributed by atoms with Crippen molar-refractivity contribution in [3.63, 3.8) is 0 Å². The molecule has 0 saturated carbocycles. The van der Waals surface area contributed by atoms with Crippen molar-refractivity contribution in [2.24, 2.45) is 5.73 Å². The van der Waals surface area contributed by atoms with E-state index >= 15 is 0 Å². The third kappa shape index (κ3) is 6.02. The highest BCUT2D eigenvalue weighted by Crippen LogP contribution is 1.96. The van der Waals surface area contributed by atoms with Crippen LogP contribution in [0.4, 0.5) is 0 Å². The molecule has 0 heterocycles. The zero-order valence-corrected chi connectivity index (χ0v) is 7.55. The Labute approximate surface area is 59.1 Å². The first-order valence-corrected chi connectivity index (χ1v) is 6.07. The molecule has 0 aliphatic rings. The van der Waals surface area contributed by atoms with Gasteiger partial charge < -0.3 is 10.2 Å². The van der Waals surface area contributed by atoms with Gasteiger partial charge in [-0.3, -0.25) is 0 Å². The molecule has 0 unspecified atom stereocenters. The van der Waals surface area contributed by atoms with Crippen molar-refractivity contribution < 1.29 is 4.43 Å². The fourth-order valence-electron chi connectivity index (χ4n) is 0.773. The number of rotatable bonds is 5. The van der Waals surface area contributed by atoms with Crippen LogP contribution in [-0.2, 0) is 4.43 Å². The third-order valence-electron chi connectivity index (χ3n) is 1.27. The SMILES string of the molecule is CCO[Si@H](C)CCCN. The Bertz CT molecular complexity index is 61.0. The summed E-state index contributed by atoms with van der Waals surface area (Å²) in [4.78, 5) is 0. The van der Waals surface area contributed by atoms with Crippen molar-refractivity contribution >= 4 is 9.04 Å². The Hall–Kier alpha value is 0.137. The van der Waals surface area contributed by atoms with E-state index in [1.54, 1.807) is 0 Å². The van der Waals surface area contributed by atoms with Gasteiger partial charge >= 0.3 is 0 Å². The highest BCUT2D eigenvalue weighted by Gasteiger charge is 2.00. The zero-order valence-electron chi connectivity index (χ0n) is 6.39. The largest absolute Gasteiger partial charge is 0.421 e. The predicted molar refractivity (Wildman–Crippen MR) is 43.1 cm³/mol. The zero-order chi connectivity index (χ0) is 7.11. The molecule has 2 N–H and O–H groups in total. The highest BCUT2D eigenvalue weighted by molar-refractivity contribution is 6.50. The van der Waals surface area contributed by atoms with Gasteiger partial charge in [-0.05, 0) is 32.5 Å². The Morgan fingerprint density at radius 2 is 2.22 bits per heavy atom. The van der Waals surface area contributed by atoms with Crippen molar-refractivity contribution in [2.75, 3.05) is 13.2 Å². The van der Waals surface area contributed by atoms with Crippen molar-refractivity contribution in [2.45, 2.75) is 25.9 Å². The first-order chi connectivity index (χ1) is 4.31. The summed E-state index contributed by atoms with van der Waals surface area (Å²) >= 11 is 0. The second kappa shape index (κ2) is 6.26. The summed E-state index contributed by atoms with van der Waals surface area (Å²) in [5.74, 6) is 0. The molecule has 0 fully saturated rings. The molecule has 0 rings (SSSR count). The van der Waals surface area contributed by atoms with Crippen LogP contribution in [0.1, 0.15) is 13.3 Å². The molecule has 0 amide bonds. The normalized spacial score (nSPS) is 13.7. The molecule has 0 aromatic carbocycles. The van der Waals surface area contributed by atoms with Crippen LogP contribution < -0.4 is 5.73 Å². The van der Waals surface area contributed by atoms with Crippen LogP contribution in [0.3, 0.4) is 0 Å². The van der Waals surface area contributed by atoms with Crippen molar-refractivity contribution in [1.82, 2.24) is 0 Å². The monoisotopic (exact) mass is 147 g/mol. The van der Waals surface area contributed by atoms with E-state index in [2.05, 4.69) is 6.55 Å². The highest BCUT2D eigenvalue weighted by atomic mass is 28.3. The van der Waals surface area contributed by atoms with Gasteiger partial charge in [0, 0.05) is 6.61 Å². The number of hydrogen-bond donors (Lipinski definition) is 1. The lowest BCUT2D eigenvalue weighted by Gasteiger charge is -2.07. The summed E-state index contributed by atoms with van der Waals surface area (Å²) in [6.45, 7) is 5.95. The Morgan fingerprint density at radius 3 is 2.67 bits per heavy atom. The molecule has 0 saturated heterocycles. The molecule has 0 spiro atoms. The fraction of sp³-hybridized carbons (Fsp3) is 1.00. The molecule has 9 heavy (non-hydrogen) atoms. The van der Waals surface area contributed by atoms with Gasteiger partial charge in [-0.2, -0.15) is 0 Å². The minimum absolute atomic E-state index is 0.800. The Morgan fingerprint density at radius 1 is 1.56 bits per heavy atom. The minimum atomic E-state index is -0.800. The number of nitrogens with two attached hydrogens (primary N) is 1. The maximum Gasteiger partial charge on any atom is 0.173 e. The van der Waals surface area contributed by atoms with Crippen LogP contribution in [0.5, 0.6) is 0 Å². The molecular weight excluding hydrogens is 130 g/mol. The van der Waals surface area contributed by atoms with Crippen LogP contribution in [0, 0.1) is 0 Å². The van der Waals surface area contributed by atoms with Gasteiger partial charge in [-0.1, -0.05) is 0 Å². The van der Waals surface area contributed by atoms with Gasteiger partial charge in [0.25, 0.3) is 0 Å². The second-order valence-electron chi connectivity index (χ2n) is 2.20. The van der Waals surface area contributed by atoms with Crippen LogP contribution in [0.2, 0.25) is 12.6 Å².